The smallest absolute Gasteiger partial charge is 0.259 e. The second-order valence-electron chi connectivity index (χ2n) is 9.00. The van der Waals surface area contributed by atoms with Gasteiger partial charge in [-0.3, -0.25) is 4.90 Å². The Morgan fingerprint density at radius 3 is 2.71 bits per heavy atom. The van der Waals surface area contributed by atoms with E-state index in [-0.39, 0.29) is 11.8 Å². The van der Waals surface area contributed by atoms with E-state index in [0.29, 0.717) is 66.7 Å². The van der Waals surface area contributed by atoms with Crippen molar-refractivity contribution >= 4 is 34.5 Å². The summed E-state index contributed by atoms with van der Waals surface area (Å²) in [7, 11) is 1.91. The summed E-state index contributed by atoms with van der Waals surface area (Å²) < 4.78 is 38.2. The Labute approximate surface area is 222 Å². The number of halogens is 1. The molecular weight excluding hydrogens is 513 g/mol. The van der Waals surface area contributed by atoms with Gasteiger partial charge in [0.15, 0.2) is 5.76 Å². The molecule has 202 valence electrons. The number of hydrogen-bond donors (Lipinski definition) is 1. The van der Waals surface area contributed by atoms with Crippen LogP contribution in [0.4, 0.5) is 22.0 Å². The minimum absolute atomic E-state index is 0.189. The van der Waals surface area contributed by atoms with E-state index in [4.69, 9.17) is 14.9 Å². The molecule has 0 spiro atoms. The maximum Gasteiger partial charge on any atom is 0.259 e. The first-order chi connectivity index (χ1) is 18.4. The van der Waals surface area contributed by atoms with Crippen molar-refractivity contribution in [2.75, 3.05) is 80.5 Å². The molecule has 1 aliphatic rings. The molecule has 38 heavy (non-hydrogen) atoms. The fraction of sp³-hybridized carbons (Fsp3) is 0.417. The Kier molecular flexibility index (Phi) is 7.81. The van der Waals surface area contributed by atoms with Gasteiger partial charge in [0.25, 0.3) is 5.78 Å². The lowest BCUT2D eigenvalue weighted by Gasteiger charge is -2.36. The summed E-state index contributed by atoms with van der Waals surface area (Å²) in [5.41, 5.74) is 6.68. The highest BCUT2D eigenvalue weighted by atomic mass is 32.2. The van der Waals surface area contributed by atoms with Crippen LogP contribution in [0.5, 0.6) is 5.75 Å². The van der Waals surface area contributed by atoms with Crippen LogP contribution in [0, 0.1) is 5.82 Å². The van der Waals surface area contributed by atoms with Crippen molar-refractivity contribution in [2.24, 2.45) is 0 Å². The molecule has 0 amide bonds. The molecular formula is C24H30FN9O3S. The van der Waals surface area contributed by atoms with Gasteiger partial charge in [0.1, 0.15) is 23.9 Å². The van der Waals surface area contributed by atoms with Crippen LogP contribution < -0.4 is 20.3 Å². The standard InChI is InChI=1S/C24H30FN9O3S/c1-31(23-28-22(26)34-24(29-23)27-21(30-34)20-4-3-13-37-20)7-8-32-9-11-33(12-10-32)19-6-5-17(16-18(19)25)36-14-15-38(2)35/h3-6,13,16H,7-12,14-15H2,1-2H3,(H2,26,27,28,29,30)/t38-/m0/s1. The molecule has 1 aromatic carbocycles. The van der Waals surface area contributed by atoms with Crippen molar-refractivity contribution in [1.82, 2.24) is 29.5 Å². The second-order valence-corrected chi connectivity index (χ2v) is 10.6. The first kappa shape index (κ1) is 26.0. The van der Waals surface area contributed by atoms with Crippen molar-refractivity contribution < 1.29 is 18.1 Å². The van der Waals surface area contributed by atoms with E-state index < -0.39 is 11.2 Å². The molecule has 1 aliphatic heterocycles. The summed E-state index contributed by atoms with van der Waals surface area (Å²) in [6.45, 7) is 4.78. The lowest BCUT2D eigenvalue weighted by Crippen LogP contribution is -2.48. The molecule has 0 aliphatic carbocycles. The van der Waals surface area contributed by atoms with Crippen LogP contribution in [0.2, 0.25) is 0 Å². The number of aromatic nitrogens is 5. The van der Waals surface area contributed by atoms with Gasteiger partial charge in [-0.2, -0.15) is 19.5 Å². The number of likely N-dealkylation sites (N-methyl/N-ethyl adjacent to an activating group) is 1. The molecule has 5 rings (SSSR count). The van der Waals surface area contributed by atoms with Crippen LogP contribution in [0.25, 0.3) is 17.4 Å². The molecule has 0 radical (unpaired) electrons. The Morgan fingerprint density at radius 2 is 2.00 bits per heavy atom. The monoisotopic (exact) mass is 543 g/mol. The molecule has 1 fully saturated rings. The van der Waals surface area contributed by atoms with E-state index in [0.717, 1.165) is 19.6 Å². The average Bonchev–Trinajstić information content (AvgIpc) is 3.58. The van der Waals surface area contributed by atoms with Gasteiger partial charge in [-0.15, -0.1) is 5.10 Å². The fourth-order valence-corrected chi connectivity index (χ4v) is 4.51. The second kappa shape index (κ2) is 11.4. The van der Waals surface area contributed by atoms with Crippen molar-refractivity contribution in [2.45, 2.75) is 0 Å². The number of anilines is 3. The van der Waals surface area contributed by atoms with Gasteiger partial charge < -0.3 is 29.2 Å². The summed E-state index contributed by atoms with van der Waals surface area (Å²) in [4.78, 5) is 19.6. The number of rotatable bonds is 10. The highest BCUT2D eigenvalue weighted by Gasteiger charge is 2.21. The van der Waals surface area contributed by atoms with Crippen molar-refractivity contribution in [3.05, 3.63) is 42.4 Å². The Morgan fingerprint density at radius 1 is 1.18 bits per heavy atom. The summed E-state index contributed by atoms with van der Waals surface area (Å²) in [6.07, 6.45) is 3.17. The number of nitrogens with zero attached hydrogens (tertiary/aromatic N) is 8. The number of hydrogen-bond acceptors (Lipinski definition) is 11. The molecule has 4 heterocycles. The fourth-order valence-electron chi connectivity index (χ4n) is 4.19. The zero-order valence-electron chi connectivity index (χ0n) is 21.3. The number of furan rings is 1. The normalized spacial score (nSPS) is 15.2. The Bertz CT molecular complexity index is 1360. The van der Waals surface area contributed by atoms with Gasteiger partial charge in [-0.25, -0.2) is 4.39 Å². The number of piperazine rings is 1. The molecule has 3 aromatic heterocycles. The molecule has 12 nitrogen and oxygen atoms in total. The highest BCUT2D eigenvalue weighted by molar-refractivity contribution is 7.90. The van der Waals surface area contributed by atoms with E-state index in [1.54, 1.807) is 36.8 Å². The molecule has 1 atom stereocenters. The van der Waals surface area contributed by atoms with Crippen LogP contribution in [-0.4, -0.2) is 99.0 Å². The SMILES string of the molecule is CN(CCN1CCN(c2ccc(OCC[S@+](C)[O-])cc2F)CC1)c1nc(N)n2nc(-c3ccco3)nc2n1. The lowest BCUT2D eigenvalue weighted by molar-refractivity contribution is 0.262. The van der Waals surface area contributed by atoms with E-state index >= 15 is 0 Å². The van der Waals surface area contributed by atoms with Crippen LogP contribution in [0.3, 0.4) is 0 Å². The zero-order chi connectivity index (χ0) is 26.6. The van der Waals surface area contributed by atoms with Crippen LogP contribution in [-0.2, 0) is 11.2 Å². The molecule has 2 N–H and O–H groups in total. The molecule has 0 bridgehead atoms. The number of ether oxygens (including phenoxy) is 1. The van der Waals surface area contributed by atoms with Gasteiger partial charge in [0.2, 0.25) is 17.7 Å². The summed E-state index contributed by atoms with van der Waals surface area (Å²) >= 11 is -0.940. The van der Waals surface area contributed by atoms with Gasteiger partial charge >= 0.3 is 0 Å². The first-order valence-electron chi connectivity index (χ1n) is 12.2. The zero-order valence-corrected chi connectivity index (χ0v) is 22.1. The molecule has 0 saturated carbocycles. The number of benzene rings is 1. The maximum atomic E-state index is 14.7. The largest absolute Gasteiger partial charge is 0.616 e. The predicted molar refractivity (Wildman–Crippen MR) is 143 cm³/mol. The molecule has 0 unspecified atom stereocenters. The minimum atomic E-state index is -0.940. The lowest BCUT2D eigenvalue weighted by atomic mass is 10.2. The first-order valence-corrected chi connectivity index (χ1v) is 13.9. The van der Waals surface area contributed by atoms with Gasteiger partial charge in [-0.1, -0.05) is 11.2 Å². The minimum Gasteiger partial charge on any atom is -0.616 e. The Balaban J connectivity index is 1.13. The van der Waals surface area contributed by atoms with E-state index in [9.17, 15) is 8.94 Å². The highest BCUT2D eigenvalue weighted by Crippen LogP contribution is 2.25. The topological polar surface area (TPSA) is 137 Å². The summed E-state index contributed by atoms with van der Waals surface area (Å²) in [6, 6.07) is 8.43. The van der Waals surface area contributed by atoms with Crippen molar-refractivity contribution in [3.8, 4) is 17.3 Å². The third-order valence-corrected chi connectivity index (χ3v) is 7.07. The van der Waals surface area contributed by atoms with Gasteiger partial charge in [0, 0.05) is 52.4 Å². The Hall–Kier alpha value is -3.62. The van der Waals surface area contributed by atoms with Crippen LogP contribution in [0.15, 0.2) is 41.0 Å². The molecule has 4 aromatic rings. The molecule has 14 heteroatoms. The number of nitrogen functional groups attached to an aromatic ring is 1. The summed E-state index contributed by atoms with van der Waals surface area (Å²) in [5, 5.41) is 4.32. The molecule has 1 saturated heterocycles. The van der Waals surface area contributed by atoms with Crippen molar-refractivity contribution in [1.29, 1.82) is 0 Å². The predicted octanol–water partition coefficient (Wildman–Crippen LogP) is 1.52. The quantitative estimate of drug-likeness (QED) is 0.291. The average molecular weight is 544 g/mol. The number of nitrogens with two attached hydrogens (primary N) is 1. The third-order valence-electron chi connectivity index (χ3n) is 6.33. The van der Waals surface area contributed by atoms with Gasteiger partial charge in [-0.05, 0) is 24.3 Å². The summed E-state index contributed by atoms with van der Waals surface area (Å²) in [5.74, 6) is 2.46. The van der Waals surface area contributed by atoms with E-state index in [1.807, 2.05) is 16.8 Å². The van der Waals surface area contributed by atoms with Crippen LogP contribution >= 0.6 is 0 Å². The van der Waals surface area contributed by atoms with E-state index in [2.05, 4.69) is 25.0 Å². The third kappa shape index (κ3) is 5.92. The maximum absolute atomic E-state index is 14.7. The van der Waals surface area contributed by atoms with Crippen molar-refractivity contribution in [3.63, 3.8) is 0 Å². The van der Waals surface area contributed by atoms with Crippen LogP contribution in [0.1, 0.15) is 0 Å². The van der Waals surface area contributed by atoms with Gasteiger partial charge in [0.05, 0.1) is 18.2 Å². The van der Waals surface area contributed by atoms with E-state index in [1.165, 1.54) is 10.6 Å². The number of fused-ring (bicyclic) bond motifs is 1.